The van der Waals surface area contributed by atoms with Crippen molar-refractivity contribution in [3.63, 3.8) is 0 Å². The maximum absolute atomic E-state index is 11.0. The maximum Gasteiger partial charge on any atom is 0.311 e. The first kappa shape index (κ1) is 16.4. The molecule has 0 aliphatic carbocycles. The van der Waals surface area contributed by atoms with Gasteiger partial charge in [-0.3, -0.25) is 15.0 Å². The second kappa shape index (κ2) is 7.37. The van der Waals surface area contributed by atoms with Crippen molar-refractivity contribution in [2.75, 3.05) is 25.0 Å². The molecular formula is C17H20N4O3. The standard InChI is InChI=1S/C17H20N4O3/c22-15(10-19-17-16(21(23)24)6-3-8-18-17)12-20-9-7-13-4-1-2-5-14(13)11-20/h1-6,8,15,22H,7,9-12H2,(H,18,19). The number of anilines is 1. The number of rotatable bonds is 6. The number of aliphatic hydroxyl groups is 1. The number of hydrogen-bond donors (Lipinski definition) is 2. The molecule has 0 saturated heterocycles. The molecule has 0 fully saturated rings. The van der Waals surface area contributed by atoms with Crippen LogP contribution < -0.4 is 5.32 Å². The van der Waals surface area contributed by atoms with E-state index in [2.05, 4.69) is 27.3 Å². The van der Waals surface area contributed by atoms with Crippen molar-refractivity contribution in [1.82, 2.24) is 9.88 Å². The highest BCUT2D eigenvalue weighted by Crippen LogP contribution is 2.21. The average molecular weight is 328 g/mol. The highest BCUT2D eigenvalue weighted by molar-refractivity contribution is 5.55. The second-order valence-electron chi connectivity index (χ2n) is 5.92. The van der Waals surface area contributed by atoms with Crippen molar-refractivity contribution in [1.29, 1.82) is 0 Å². The minimum atomic E-state index is -0.628. The Morgan fingerprint density at radius 1 is 1.29 bits per heavy atom. The van der Waals surface area contributed by atoms with E-state index in [9.17, 15) is 15.2 Å². The first-order valence-electron chi connectivity index (χ1n) is 7.94. The fourth-order valence-electron chi connectivity index (χ4n) is 2.97. The lowest BCUT2D eigenvalue weighted by molar-refractivity contribution is -0.384. The van der Waals surface area contributed by atoms with Gasteiger partial charge in [0, 0.05) is 38.4 Å². The fraction of sp³-hybridized carbons (Fsp3) is 0.353. The van der Waals surface area contributed by atoms with Gasteiger partial charge in [0.1, 0.15) is 0 Å². The van der Waals surface area contributed by atoms with Crippen LogP contribution in [0.3, 0.4) is 0 Å². The lowest BCUT2D eigenvalue weighted by Gasteiger charge is -2.30. The summed E-state index contributed by atoms with van der Waals surface area (Å²) in [6, 6.07) is 11.2. The predicted molar refractivity (Wildman–Crippen MR) is 90.8 cm³/mol. The van der Waals surface area contributed by atoms with E-state index in [-0.39, 0.29) is 18.1 Å². The van der Waals surface area contributed by atoms with Gasteiger partial charge < -0.3 is 10.4 Å². The number of β-amino-alcohol motifs (C(OH)–C–C–N with tert-alkyl or cyclic N) is 1. The van der Waals surface area contributed by atoms with Crippen LogP contribution in [0.4, 0.5) is 11.5 Å². The molecule has 1 aromatic heterocycles. The highest BCUT2D eigenvalue weighted by atomic mass is 16.6. The van der Waals surface area contributed by atoms with E-state index in [1.54, 1.807) is 0 Å². The van der Waals surface area contributed by atoms with Gasteiger partial charge in [-0.25, -0.2) is 4.98 Å². The van der Waals surface area contributed by atoms with Crippen LogP contribution in [0.15, 0.2) is 42.6 Å². The van der Waals surface area contributed by atoms with Crippen LogP contribution in [0.5, 0.6) is 0 Å². The van der Waals surface area contributed by atoms with E-state index in [0.29, 0.717) is 6.54 Å². The van der Waals surface area contributed by atoms with Gasteiger partial charge in [0.2, 0.25) is 5.82 Å². The van der Waals surface area contributed by atoms with Gasteiger partial charge in [-0.1, -0.05) is 24.3 Å². The molecule has 2 aromatic rings. The molecule has 7 heteroatoms. The molecule has 2 N–H and O–H groups in total. The summed E-state index contributed by atoms with van der Waals surface area (Å²) in [6.07, 6.45) is 1.84. The molecule has 24 heavy (non-hydrogen) atoms. The van der Waals surface area contributed by atoms with Gasteiger partial charge in [-0.15, -0.1) is 0 Å². The number of aliphatic hydroxyl groups excluding tert-OH is 1. The maximum atomic E-state index is 11.0. The lowest BCUT2D eigenvalue weighted by atomic mass is 10.00. The molecular weight excluding hydrogens is 308 g/mol. The second-order valence-corrected chi connectivity index (χ2v) is 5.92. The minimum absolute atomic E-state index is 0.0865. The molecule has 0 amide bonds. The minimum Gasteiger partial charge on any atom is -0.390 e. The monoisotopic (exact) mass is 328 g/mol. The largest absolute Gasteiger partial charge is 0.390 e. The first-order valence-corrected chi connectivity index (χ1v) is 7.94. The number of aromatic nitrogens is 1. The smallest absolute Gasteiger partial charge is 0.311 e. The number of nitro groups is 1. The van der Waals surface area contributed by atoms with Gasteiger partial charge >= 0.3 is 5.69 Å². The Labute approximate surface area is 140 Å². The van der Waals surface area contributed by atoms with Gasteiger partial charge in [0.05, 0.1) is 11.0 Å². The molecule has 1 atom stereocenters. The quantitative estimate of drug-likeness (QED) is 0.621. The number of fused-ring (bicyclic) bond motifs is 1. The van der Waals surface area contributed by atoms with Gasteiger partial charge in [0.25, 0.3) is 0 Å². The Kier molecular flexibility index (Phi) is 5.02. The Morgan fingerprint density at radius 3 is 2.88 bits per heavy atom. The van der Waals surface area contributed by atoms with Crippen molar-refractivity contribution < 1.29 is 10.0 Å². The Bertz CT molecular complexity index is 722. The summed E-state index contributed by atoms with van der Waals surface area (Å²) in [5.74, 6) is 0.186. The molecule has 1 unspecified atom stereocenters. The molecule has 0 saturated carbocycles. The van der Waals surface area contributed by atoms with Crippen LogP contribution in [-0.4, -0.2) is 45.7 Å². The van der Waals surface area contributed by atoms with Crippen LogP contribution in [0.2, 0.25) is 0 Å². The Hall–Kier alpha value is -2.51. The van der Waals surface area contributed by atoms with E-state index in [1.165, 1.54) is 29.5 Å². The van der Waals surface area contributed by atoms with Crippen LogP contribution in [0.25, 0.3) is 0 Å². The first-order chi connectivity index (χ1) is 11.6. The van der Waals surface area contributed by atoms with E-state index in [4.69, 9.17) is 0 Å². The normalized spacial score (nSPS) is 15.5. The van der Waals surface area contributed by atoms with E-state index >= 15 is 0 Å². The van der Waals surface area contributed by atoms with Crippen molar-refractivity contribution >= 4 is 11.5 Å². The zero-order valence-corrected chi connectivity index (χ0v) is 13.3. The number of nitrogens with one attached hydrogen (secondary N) is 1. The molecule has 0 spiro atoms. The molecule has 0 bridgehead atoms. The van der Waals surface area contributed by atoms with E-state index in [1.807, 2.05) is 12.1 Å². The third-order valence-electron chi connectivity index (χ3n) is 4.17. The number of hydrogen-bond acceptors (Lipinski definition) is 6. The predicted octanol–water partition coefficient (Wildman–Crippen LogP) is 1.82. The van der Waals surface area contributed by atoms with Gasteiger partial charge in [-0.05, 0) is 23.6 Å². The van der Waals surface area contributed by atoms with E-state index < -0.39 is 11.0 Å². The number of nitrogens with zero attached hydrogens (tertiary/aromatic N) is 3. The molecule has 1 aliphatic rings. The molecule has 7 nitrogen and oxygen atoms in total. The topological polar surface area (TPSA) is 91.5 Å². The molecule has 1 aliphatic heterocycles. The molecule has 1 aromatic carbocycles. The summed E-state index contributed by atoms with van der Waals surface area (Å²) in [4.78, 5) is 16.6. The third kappa shape index (κ3) is 3.87. The molecule has 2 heterocycles. The van der Waals surface area contributed by atoms with Crippen LogP contribution in [0.1, 0.15) is 11.1 Å². The van der Waals surface area contributed by atoms with Gasteiger partial charge in [-0.2, -0.15) is 0 Å². The molecule has 3 rings (SSSR count). The average Bonchev–Trinajstić information content (AvgIpc) is 2.60. The summed E-state index contributed by atoms with van der Waals surface area (Å²) in [5.41, 5.74) is 2.58. The Morgan fingerprint density at radius 2 is 2.08 bits per heavy atom. The SMILES string of the molecule is O=[N+]([O-])c1cccnc1NCC(O)CN1CCc2ccccc2C1. The Balaban J connectivity index is 1.54. The zero-order valence-electron chi connectivity index (χ0n) is 13.3. The van der Waals surface area contributed by atoms with E-state index in [0.717, 1.165) is 19.5 Å². The molecule has 0 radical (unpaired) electrons. The van der Waals surface area contributed by atoms with Crippen molar-refractivity contribution in [3.8, 4) is 0 Å². The van der Waals surface area contributed by atoms with Crippen LogP contribution in [0, 0.1) is 10.1 Å². The summed E-state index contributed by atoms with van der Waals surface area (Å²) < 4.78 is 0. The third-order valence-corrected chi connectivity index (χ3v) is 4.17. The number of benzene rings is 1. The van der Waals surface area contributed by atoms with Crippen LogP contribution >= 0.6 is 0 Å². The highest BCUT2D eigenvalue weighted by Gasteiger charge is 2.19. The fourth-order valence-corrected chi connectivity index (χ4v) is 2.97. The van der Waals surface area contributed by atoms with Crippen molar-refractivity contribution in [2.24, 2.45) is 0 Å². The van der Waals surface area contributed by atoms with Crippen molar-refractivity contribution in [3.05, 3.63) is 63.8 Å². The number of pyridine rings is 1. The summed E-state index contributed by atoms with van der Waals surface area (Å²) >= 11 is 0. The molecule has 126 valence electrons. The van der Waals surface area contributed by atoms with Crippen LogP contribution in [-0.2, 0) is 13.0 Å². The van der Waals surface area contributed by atoms with Crippen molar-refractivity contribution in [2.45, 2.75) is 19.1 Å². The summed E-state index contributed by atoms with van der Waals surface area (Å²) in [6.45, 7) is 2.45. The summed E-state index contributed by atoms with van der Waals surface area (Å²) in [5, 5.41) is 24.1. The summed E-state index contributed by atoms with van der Waals surface area (Å²) in [7, 11) is 0. The van der Waals surface area contributed by atoms with Gasteiger partial charge in [0.15, 0.2) is 0 Å². The lowest BCUT2D eigenvalue weighted by Crippen LogP contribution is -2.39. The zero-order chi connectivity index (χ0) is 16.9.